The van der Waals surface area contributed by atoms with Crippen LogP contribution in [0, 0.1) is 17.5 Å². The molecule has 0 aliphatic rings. The van der Waals surface area contributed by atoms with E-state index >= 15 is 0 Å². The summed E-state index contributed by atoms with van der Waals surface area (Å²) in [7, 11) is 0. The third-order valence-corrected chi connectivity index (χ3v) is 2.57. The van der Waals surface area contributed by atoms with Gasteiger partial charge in [0.2, 0.25) is 0 Å². The highest BCUT2D eigenvalue weighted by molar-refractivity contribution is 5.90. The van der Waals surface area contributed by atoms with Crippen molar-refractivity contribution < 1.29 is 27.8 Å². The van der Waals surface area contributed by atoms with Crippen LogP contribution in [0.25, 0.3) is 0 Å². The fourth-order valence-corrected chi connectivity index (χ4v) is 1.60. The topological polar surface area (TPSA) is 46.5 Å². The molecule has 2 aromatic rings. The van der Waals surface area contributed by atoms with Crippen LogP contribution in [0.3, 0.4) is 0 Å². The van der Waals surface area contributed by atoms with Crippen LogP contribution in [-0.4, -0.2) is 11.1 Å². The molecule has 0 aliphatic carbocycles. The summed E-state index contributed by atoms with van der Waals surface area (Å²) >= 11 is 0. The second-order valence-corrected chi connectivity index (χ2v) is 3.97. The average Bonchev–Trinajstić information content (AvgIpc) is 2.39. The molecule has 0 aromatic heterocycles. The molecule has 0 spiro atoms. The van der Waals surface area contributed by atoms with Crippen LogP contribution in [0.15, 0.2) is 36.4 Å². The first kappa shape index (κ1) is 13.9. The number of ether oxygens (including phenoxy) is 1. The zero-order valence-electron chi connectivity index (χ0n) is 10.1. The SMILES string of the molecule is O=C(O)c1ccc(F)cc1OCc1cc(F)ccc1F. The molecule has 2 aromatic carbocycles. The Hall–Kier alpha value is -2.50. The van der Waals surface area contributed by atoms with E-state index in [4.69, 9.17) is 9.84 Å². The Bertz CT molecular complexity index is 656. The minimum absolute atomic E-state index is 0.0920. The van der Waals surface area contributed by atoms with E-state index in [1.165, 1.54) is 0 Å². The second kappa shape index (κ2) is 5.64. The molecule has 0 fully saturated rings. The highest BCUT2D eigenvalue weighted by atomic mass is 19.1. The van der Waals surface area contributed by atoms with Crippen molar-refractivity contribution in [2.24, 2.45) is 0 Å². The standard InChI is InChI=1S/C14H9F3O3/c15-9-2-4-12(17)8(5-9)7-20-13-6-10(16)1-3-11(13)14(18)19/h1-6H,7H2,(H,18,19). The molecule has 0 saturated heterocycles. The Morgan fingerprint density at radius 3 is 2.40 bits per heavy atom. The van der Waals surface area contributed by atoms with E-state index in [1.54, 1.807) is 0 Å². The van der Waals surface area contributed by atoms with E-state index in [0.29, 0.717) is 0 Å². The summed E-state index contributed by atoms with van der Waals surface area (Å²) in [5.74, 6) is -3.59. The summed E-state index contributed by atoms with van der Waals surface area (Å²) in [6.07, 6.45) is 0. The predicted molar refractivity (Wildman–Crippen MR) is 64.0 cm³/mol. The molecule has 20 heavy (non-hydrogen) atoms. The lowest BCUT2D eigenvalue weighted by Crippen LogP contribution is -2.05. The van der Waals surface area contributed by atoms with Crippen LogP contribution in [0.1, 0.15) is 15.9 Å². The van der Waals surface area contributed by atoms with Crippen molar-refractivity contribution in [1.29, 1.82) is 0 Å². The van der Waals surface area contributed by atoms with Crippen LogP contribution in [0.4, 0.5) is 13.2 Å². The quantitative estimate of drug-likeness (QED) is 0.935. The molecule has 1 N–H and O–H groups in total. The summed E-state index contributed by atoms with van der Waals surface area (Å²) < 4.78 is 44.5. The van der Waals surface area contributed by atoms with Gasteiger partial charge in [-0.1, -0.05) is 0 Å². The molecule has 0 aliphatic heterocycles. The zero-order chi connectivity index (χ0) is 14.7. The number of aromatic carboxylic acids is 1. The Balaban J connectivity index is 2.24. The minimum Gasteiger partial charge on any atom is -0.488 e. The number of hydrogen-bond acceptors (Lipinski definition) is 2. The van der Waals surface area contributed by atoms with E-state index in [9.17, 15) is 18.0 Å². The third-order valence-electron chi connectivity index (χ3n) is 2.57. The molecule has 0 amide bonds. The van der Waals surface area contributed by atoms with Gasteiger partial charge in [-0.25, -0.2) is 18.0 Å². The Morgan fingerprint density at radius 1 is 1.05 bits per heavy atom. The average molecular weight is 282 g/mol. The summed E-state index contributed by atoms with van der Waals surface area (Å²) in [4.78, 5) is 10.9. The number of carboxylic acids is 1. The van der Waals surface area contributed by atoms with Crippen LogP contribution in [0.2, 0.25) is 0 Å². The van der Waals surface area contributed by atoms with Crippen molar-refractivity contribution in [3.05, 3.63) is 65.0 Å². The van der Waals surface area contributed by atoms with E-state index in [0.717, 1.165) is 36.4 Å². The molecule has 0 bridgehead atoms. The smallest absolute Gasteiger partial charge is 0.339 e. The van der Waals surface area contributed by atoms with Crippen molar-refractivity contribution in [2.75, 3.05) is 0 Å². The highest BCUT2D eigenvalue weighted by Crippen LogP contribution is 2.22. The molecule has 6 heteroatoms. The third kappa shape index (κ3) is 3.09. The van der Waals surface area contributed by atoms with E-state index in [1.807, 2.05) is 0 Å². The lowest BCUT2D eigenvalue weighted by atomic mass is 10.2. The summed E-state index contributed by atoms with van der Waals surface area (Å²) in [5, 5.41) is 8.92. The Morgan fingerprint density at radius 2 is 1.70 bits per heavy atom. The minimum atomic E-state index is -1.31. The fourth-order valence-electron chi connectivity index (χ4n) is 1.60. The first-order chi connectivity index (χ1) is 9.47. The molecule has 0 unspecified atom stereocenters. The molecule has 0 atom stereocenters. The monoisotopic (exact) mass is 282 g/mol. The van der Waals surface area contributed by atoms with Crippen molar-refractivity contribution in [1.82, 2.24) is 0 Å². The van der Waals surface area contributed by atoms with Gasteiger partial charge in [0.1, 0.15) is 35.4 Å². The van der Waals surface area contributed by atoms with Gasteiger partial charge in [-0.05, 0) is 30.3 Å². The molecule has 104 valence electrons. The molecule has 3 nitrogen and oxygen atoms in total. The summed E-state index contributed by atoms with van der Waals surface area (Å²) in [6.45, 7) is -0.409. The predicted octanol–water partition coefficient (Wildman–Crippen LogP) is 3.38. The van der Waals surface area contributed by atoms with Gasteiger partial charge in [-0.3, -0.25) is 0 Å². The van der Waals surface area contributed by atoms with Crippen molar-refractivity contribution >= 4 is 5.97 Å². The normalized spacial score (nSPS) is 10.3. The Labute approximate surface area is 112 Å². The largest absolute Gasteiger partial charge is 0.488 e. The van der Waals surface area contributed by atoms with Crippen molar-refractivity contribution in [2.45, 2.75) is 6.61 Å². The van der Waals surface area contributed by atoms with Gasteiger partial charge in [0.05, 0.1) is 0 Å². The highest BCUT2D eigenvalue weighted by Gasteiger charge is 2.13. The van der Waals surface area contributed by atoms with Crippen molar-refractivity contribution in [3.63, 3.8) is 0 Å². The van der Waals surface area contributed by atoms with Crippen molar-refractivity contribution in [3.8, 4) is 5.75 Å². The van der Waals surface area contributed by atoms with Crippen LogP contribution in [-0.2, 0) is 6.61 Å². The van der Waals surface area contributed by atoms with Crippen LogP contribution < -0.4 is 4.74 Å². The van der Waals surface area contributed by atoms with E-state index < -0.39 is 30.0 Å². The molecule has 0 saturated carbocycles. The first-order valence-electron chi connectivity index (χ1n) is 5.57. The lowest BCUT2D eigenvalue weighted by Gasteiger charge is -2.10. The van der Waals surface area contributed by atoms with Gasteiger partial charge in [-0.15, -0.1) is 0 Å². The van der Waals surface area contributed by atoms with Gasteiger partial charge >= 0.3 is 5.97 Å². The molecule has 2 rings (SSSR count). The van der Waals surface area contributed by atoms with Gasteiger partial charge in [0.15, 0.2) is 0 Å². The lowest BCUT2D eigenvalue weighted by molar-refractivity contribution is 0.0691. The van der Waals surface area contributed by atoms with E-state index in [2.05, 4.69) is 0 Å². The molecule has 0 heterocycles. The molecular weight excluding hydrogens is 273 g/mol. The maximum Gasteiger partial charge on any atom is 0.339 e. The number of halogens is 3. The first-order valence-corrected chi connectivity index (χ1v) is 5.57. The Kier molecular flexibility index (Phi) is 3.93. The van der Waals surface area contributed by atoms with Gasteiger partial charge in [0.25, 0.3) is 0 Å². The fraction of sp³-hybridized carbons (Fsp3) is 0.0714. The van der Waals surface area contributed by atoms with Gasteiger partial charge in [0, 0.05) is 11.6 Å². The van der Waals surface area contributed by atoms with Gasteiger partial charge in [-0.2, -0.15) is 0 Å². The number of carboxylic acid groups (broad SMARTS) is 1. The summed E-state index contributed by atoms with van der Waals surface area (Å²) in [5.41, 5.74) is -0.353. The number of carbonyl (C=O) groups is 1. The van der Waals surface area contributed by atoms with Crippen LogP contribution in [0.5, 0.6) is 5.75 Å². The van der Waals surface area contributed by atoms with Crippen LogP contribution >= 0.6 is 0 Å². The molecular formula is C14H9F3O3. The zero-order valence-corrected chi connectivity index (χ0v) is 10.1. The second-order valence-electron chi connectivity index (χ2n) is 3.97. The maximum absolute atomic E-state index is 13.4. The van der Waals surface area contributed by atoms with Gasteiger partial charge < -0.3 is 9.84 Å². The molecule has 0 radical (unpaired) electrons. The van der Waals surface area contributed by atoms with E-state index in [-0.39, 0.29) is 16.9 Å². The maximum atomic E-state index is 13.4. The number of hydrogen-bond donors (Lipinski definition) is 1. The number of rotatable bonds is 4. The summed E-state index contributed by atoms with van der Waals surface area (Å²) in [6, 6.07) is 5.69. The number of benzene rings is 2.